The zero-order valence-electron chi connectivity index (χ0n) is 17.0. The topological polar surface area (TPSA) is 154 Å². The maximum absolute atomic E-state index is 12.4. The zero-order chi connectivity index (χ0) is 22.6. The average molecular weight is 451 g/mol. The molecular weight excluding hydrogens is 428 g/mol. The van der Waals surface area contributed by atoms with Crippen LogP contribution in [0.3, 0.4) is 0 Å². The van der Waals surface area contributed by atoms with E-state index in [1.807, 2.05) is 0 Å². The van der Waals surface area contributed by atoms with Crippen molar-refractivity contribution < 1.29 is 29.0 Å². The zero-order valence-corrected chi connectivity index (χ0v) is 17.7. The minimum absolute atomic E-state index is 0.293. The van der Waals surface area contributed by atoms with Gasteiger partial charge in [-0.3, -0.25) is 4.79 Å². The van der Waals surface area contributed by atoms with Crippen molar-refractivity contribution in [2.24, 2.45) is 5.73 Å². The third-order valence-electron chi connectivity index (χ3n) is 4.70. The Hall–Kier alpha value is -2.79. The van der Waals surface area contributed by atoms with Crippen LogP contribution < -0.4 is 10.5 Å². The summed E-state index contributed by atoms with van der Waals surface area (Å²) in [5.74, 6) is -0.596. The van der Waals surface area contributed by atoms with E-state index in [2.05, 4.69) is 15.1 Å². The molecule has 0 saturated carbocycles. The number of aliphatic hydroxyl groups excluding tert-OH is 2. The molecule has 1 aromatic carbocycles. The number of ether oxygens (including phenoxy) is 2. The van der Waals surface area contributed by atoms with Crippen LogP contribution in [-0.2, 0) is 9.53 Å². The largest absolute Gasteiger partial charge is 0.481 e. The Kier molecular flexibility index (Phi) is 7.06. The van der Waals surface area contributed by atoms with Crippen molar-refractivity contribution in [3.05, 3.63) is 47.1 Å². The molecule has 1 unspecified atom stereocenters. The van der Waals surface area contributed by atoms with Crippen LogP contribution in [-0.4, -0.2) is 56.7 Å². The Balaban J connectivity index is 1.78. The van der Waals surface area contributed by atoms with Crippen LogP contribution in [0.2, 0.25) is 5.02 Å². The Morgan fingerprint density at radius 1 is 1.26 bits per heavy atom. The number of nitrogens with two attached hydrogens (primary N) is 1. The van der Waals surface area contributed by atoms with Crippen LogP contribution in [0, 0.1) is 0 Å². The lowest BCUT2D eigenvalue weighted by molar-refractivity contribution is -0.148. The highest BCUT2D eigenvalue weighted by Crippen LogP contribution is 2.36. The maximum atomic E-state index is 12.4. The Labute approximate surface area is 182 Å². The van der Waals surface area contributed by atoms with Gasteiger partial charge in [0.2, 0.25) is 0 Å². The number of hydrogen-bond acceptors (Lipinski definition) is 10. The molecule has 0 fully saturated rings. The van der Waals surface area contributed by atoms with Gasteiger partial charge in [-0.2, -0.15) is 0 Å². The number of esters is 1. The number of carbonyl (C=O) groups excluding carboxylic acids is 1. The summed E-state index contributed by atoms with van der Waals surface area (Å²) < 4.78 is 16.4. The van der Waals surface area contributed by atoms with E-state index in [0.717, 1.165) is 0 Å². The SMILES string of the molecule is CC(Oc1cc2onc([C@@H](C)C(=O)OCC(N)(CO)CO)c2cc1Cl)c1ncccn1. The molecule has 2 heterocycles. The number of nitrogens with zero attached hydrogens (tertiary/aromatic N) is 3. The van der Waals surface area contributed by atoms with E-state index in [1.165, 1.54) is 0 Å². The van der Waals surface area contributed by atoms with Gasteiger partial charge in [-0.15, -0.1) is 0 Å². The number of benzene rings is 1. The van der Waals surface area contributed by atoms with Gasteiger partial charge in [0.25, 0.3) is 0 Å². The van der Waals surface area contributed by atoms with Crippen LogP contribution in [0.25, 0.3) is 11.0 Å². The van der Waals surface area contributed by atoms with Crippen LogP contribution >= 0.6 is 11.6 Å². The standard InChI is InChI=1S/C20H23ClN4O6/c1-11(19(28)29-10-20(22,8-26)9-27)17-13-6-14(21)16(7-15(13)31-25-17)30-12(2)18-23-4-3-5-24-18/h3-7,11-12,26-27H,8-10,22H2,1-2H3/t11-,12?/m1/s1. The third kappa shape index (κ3) is 5.10. The van der Waals surface area contributed by atoms with Crippen molar-refractivity contribution in [2.75, 3.05) is 19.8 Å². The predicted octanol–water partition coefficient (Wildman–Crippen LogP) is 1.74. The lowest BCUT2D eigenvalue weighted by atomic mass is 10.0. The molecule has 0 amide bonds. The van der Waals surface area contributed by atoms with Gasteiger partial charge in [-0.25, -0.2) is 9.97 Å². The van der Waals surface area contributed by atoms with Gasteiger partial charge in [-0.1, -0.05) is 16.8 Å². The van der Waals surface area contributed by atoms with Gasteiger partial charge >= 0.3 is 5.97 Å². The molecule has 3 rings (SSSR count). The highest BCUT2D eigenvalue weighted by Gasteiger charge is 2.29. The Bertz CT molecular complexity index is 1040. The normalized spacial score (nSPS) is 13.7. The van der Waals surface area contributed by atoms with Gasteiger partial charge in [0, 0.05) is 23.8 Å². The van der Waals surface area contributed by atoms with Crippen molar-refractivity contribution in [3.63, 3.8) is 0 Å². The lowest BCUT2D eigenvalue weighted by Crippen LogP contribution is -2.52. The maximum Gasteiger partial charge on any atom is 0.314 e. The van der Waals surface area contributed by atoms with E-state index in [9.17, 15) is 15.0 Å². The van der Waals surface area contributed by atoms with E-state index >= 15 is 0 Å². The molecule has 11 heteroatoms. The first-order valence-electron chi connectivity index (χ1n) is 9.47. The van der Waals surface area contributed by atoms with Crippen LogP contribution in [0.4, 0.5) is 0 Å². The smallest absolute Gasteiger partial charge is 0.314 e. The summed E-state index contributed by atoms with van der Waals surface area (Å²) in [4.78, 5) is 20.7. The monoisotopic (exact) mass is 450 g/mol. The van der Waals surface area contributed by atoms with Gasteiger partial charge in [-0.05, 0) is 26.0 Å². The van der Waals surface area contributed by atoms with Crippen LogP contribution in [0.1, 0.15) is 37.4 Å². The molecule has 2 aromatic heterocycles. The van der Waals surface area contributed by atoms with Gasteiger partial charge < -0.3 is 29.9 Å². The number of hydrogen-bond donors (Lipinski definition) is 3. The number of halogens is 1. The quantitative estimate of drug-likeness (QED) is 0.410. The van der Waals surface area contributed by atoms with Gasteiger partial charge in [0.15, 0.2) is 17.5 Å². The molecule has 0 radical (unpaired) electrons. The average Bonchev–Trinajstić information content (AvgIpc) is 3.19. The number of rotatable bonds is 9. The first-order valence-corrected chi connectivity index (χ1v) is 9.85. The van der Waals surface area contributed by atoms with E-state index in [-0.39, 0.29) is 6.61 Å². The second-order valence-electron chi connectivity index (χ2n) is 7.22. The summed E-state index contributed by atoms with van der Waals surface area (Å²) in [6.45, 7) is 1.95. The second-order valence-corrected chi connectivity index (χ2v) is 7.63. The van der Waals surface area contributed by atoms with Crippen molar-refractivity contribution in [1.29, 1.82) is 0 Å². The summed E-state index contributed by atoms with van der Waals surface area (Å²) in [5.41, 5.74) is 4.99. The molecule has 0 spiro atoms. The molecule has 4 N–H and O–H groups in total. The molecule has 10 nitrogen and oxygen atoms in total. The summed E-state index contributed by atoms with van der Waals surface area (Å²) >= 11 is 6.38. The van der Waals surface area contributed by atoms with E-state index < -0.39 is 36.7 Å². The number of fused-ring (bicyclic) bond motifs is 1. The molecule has 0 saturated heterocycles. The van der Waals surface area contributed by atoms with Crippen molar-refractivity contribution in [1.82, 2.24) is 15.1 Å². The summed E-state index contributed by atoms with van der Waals surface area (Å²) in [6.07, 6.45) is 2.78. The van der Waals surface area contributed by atoms with Crippen LogP contribution in [0.15, 0.2) is 35.1 Å². The summed E-state index contributed by atoms with van der Waals surface area (Å²) in [5, 5.41) is 23.2. The first-order chi connectivity index (χ1) is 14.8. The molecule has 0 aliphatic rings. The Morgan fingerprint density at radius 2 is 1.94 bits per heavy atom. The van der Waals surface area contributed by atoms with Crippen LogP contribution in [0.5, 0.6) is 5.75 Å². The molecule has 0 aliphatic heterocycles. The molecular formula is C20H23ClN4O6. The molecule has 0 bridgehead atoms. The summed E-state index contributed by atoms with van der Waals surface area (Å²) in [6, 6.07) is 4.88. The number of carbonyl (C=O) groups is 1. The van der Waals surface area contributed by atoms with Crippen molar-refractivity contribution in [3.8, 4) is 5.75 Å². The molecule has 166 valence electrons. The lowest BCUT2D eigenvalue weighted by Gasteiger charge is -2.24. The second kappa shape index (κ2) is 9.56. The first kappa shape index (κ1) is 22.9. The molecule has 31 heavy (non-hydrogen) atoms. The van der Waals surface area contributed by atoms with E-state index in [0.29, 0.717) is 33.3 Å². The minimum Gasteiger partial charge on any atom is -0.481 e. The molecule has 2 atom stereocenters. The number of aliphatic hydroxyl groups is 2. The highest BCUT2D eigenvalue weighted by molar-refractivity contribution is 6.32. The fourth-order valence-corrected chi connectivity index (χ4v) is 2.93. The predicted molar refractivity (Wildman–Crippen MR) is 111 cm³/mol. The highest BCUT2D eigenvalue weighted by atomic mass is 35.5. The fourth-order valence-electron chi connectivity index (χ4n) is 2.72. The minimum atomic E-state index is -1.42. The summed E-state index contributed by atoms with van der Waals surface area (Å²) in [7, 11) is 0. The molecule has 0 aliphatic carbocycles. The van der Waals surface area contributed by atoms with Gasteiger partial charge in [0.1, 0.15) is 24.0 Å². The number of aromatic nitrogens is 3. The third-order valence-corrected chi connectivity index (χ3v) is 5.00. The molecule has 3 aromatic rings. The van der Waals surface area contributed by atoms with Crippen molar-refractivity contribution >= 4 is 28.5 Å². The van der Waals surface area contributed by atoms with Gasteiger partial charge in [0.05, 0.1) is 23.8 Å². The van der Waals surface area contributed by atoms with Crippen molar-refractivity contribution in [2.45, 2.75) is 31.4 Å². The fraction of sp³-hybridized carbons (Fsp3) is 0.400. The van der Waals surface area contributed by atoms with E-state index in [4.69, 9.17) is 31.3 Å². The Morgan fingerprint density at radius 3 is 2.58 bits per heavy atom. The van der Waals surface area contributed by atoms with E-state index in [1.54, 1.807) is 44.4 Å².